The number of ether oxygens (including phenoxy) is 2. The summed E-state index contributed by atoms with van der Waals surface area (Å²) in [5.41, 5.74) is 0. The van der Waals surface area contributed by atoms with Crippen LogP contribution in [0.1, 0.15) is 13.3 Å². The molecule has 0 amide bonds. The molecule has 0 saturated heterocycles. The summed E-state index contributed by atoms with van der Waals surface area (Å²) >= 11 is 0. The van der Waals surface area contributed by atoms with Crippen LogP contribution in [0.25, 0.3) is 0 Å². The molecule has 8 nitrogen and oxygen atoms in total. The topological polar surface area (TPSA) is 92.6 Å². The number of hydrogen-bond acceptors (Lipinski definition) is 8. The molecular weight excluding hydrogens is 262 g/mol. The van der Waals surface area contributed by atoms with Crippen molar-refractivity contribution in [2.24, 2.45) is 0 Å². The molecule has 1 atom stereocenters. The van der Waals surface area contributed by atoms with Crippen LogP contribution in [0.2, 0.25) is 0 Å². The highest BCUT2D eigenvalue weighted by molar-refractivity contribution is 5.37. The van der Waals surface area contributed by atoms with Gasteiger partial charge in [-0.25, -0.2) is 0 Å². The van der Waals surface area contributed by atoms with Crippen LogP contribution in [-0.2, 0) is 4.74 Å². The molecule has 114 valence electrons. The van der Waals surface area contributed by atoms with Crippen molar-refractivity contribution in [2.45, 2.75) is 19.4 Å². The van der Waals surface area contributed by atoms with E-state index >= 15 is 0 Å². The minimum atomic E-state index is -0.611. The lowest BCUT2D eigenvalue weighted by molar-refractivity contribution is 0.0693. The first-order valence-corrected chi connectivity index (χ1v) is 6.55. The van der Waals surface area contributed by atoms with Crippen LogP contribution in [0.15, 0.2) is 0 Å². The molecule has 0 aliphatic rings. The molecule has 1 aromatic heterocycles. The zero-order valence-corrected chi connectivity index (χ0v) is 12.5. The Morgan fingerprint density at radius 1 is 1.35 bits per heavy atom. The highest BCUT2D eigenvalue weighted by Gasteiger charge is 2.14. The van der Waals surface area contributed by atoms with E-state index in [4.69, 9.17) is 9.47 Å². The first kappa shape index (κ1) is 16.4. The Hall–Kier alpha value is -1.67. The SMILES string of the molecule is CCCOc1nc(NC)nc(N(C)CC(O)COC)n1. The first-order chi connectivity index (χ1) is 9.60. The van der Waals surface area contributed by atoms with Crippen molar-refractivity contribution < 1.29 is 14.6 Å². The van der Waals surface area contributed by atoms with Gasteiger partial charge in [-0.2, -0.15) is 15.0 Å². The van der Waals surface area contributed by atoms with Gasteiger partial charge in [0.05, 0.1) is 19.3 Å². The number of nitrogens with one attached hydrogen (secondary N) is 1. The van der Waals surface area contributed by atoms with Crippen LogP contribution < -0.4 is 15.0 Å². The molecule has 1 rings (SSSR count). The lowest BCUT2D eigenvalue weighted by Crippen LogP contribution is -2.33. The van der Waals surface area contributed by atoms with Gasteiger partial charge in [-0.1, -0.05) is 6.92 Å². The molecule has 1 aromatic rings. The number of likely N-dealkylation sites (N-methyl/N-ethyl adjacent to an activating group) is 1. The Kier molecular flexibility index (Phi) is 6.96. The van der Waals surface area contributed by atoms with Crippen LogP contribution in [0.5, 0.6) is 6.01 Å². The number of methoxy groups -OCH3 is 1. The molecule has 0 aromatic carbocycles. The third kappa shape index (κ3) is 5.14. The van der Waals surface area contributed by atoms with E-state index in [2.05, 4.69) is 20.3 Å². The third-order valence-electron chi connectivity index (χ3n) is 2.45. The number of aromatic nitrogens is 3. The number of anilines is 2. The van der Waals surface area contributed by atoms with E-state index in [0.29, 0.717) is 25.0 Å². The summed E-state index contributed by atoms with van der Waals surface area (Å²) in [7, 11) is 5.06. The molecule has 0 fully saturated rings. The van der Waals surface area contributed by atoms with Gasteiger partial charge in [0.2, 0.25) is 11.9 Å². The second-order valence-corrected chi connectivity index (χ2v) is 4.33. The van der Waals surface area contributed by atoms with Crippen LogP contribution in [0.3, 0.4) is 0 Å². The van der Waals surface area contributed by atoms with Crippen molar-refractivity contribution >= 4 is 11.9 Å². The van der Waals surface area contributed by atoms with E-state index in [1.165, 1.54) is 0 Å². The molecule has 0 aliphatic heterocycles. The predicted molar refractivity (Wildman–Crippen MR) is 76.3 cm³/mol. The Balaban J connectivity index is 2.80. The van der Waals surface area contributed by atoms with Crippen molar-refractivity contribution in [3.05, 3.63) is 0 Å². The minimum Gasteiger partial charge on any atom is -0.463 e. The molecule has 0 saturated carbocycles. The number of rotatable bonds is 9. The first-order valence-electron chi connectivity index (χ1n) is 6.55. The van der Waals surface area contributed by atoms with Crippen molar-refractivity contribution in [3.8, 4) is 6.01 Å². The molecule has 2 N–H and O–H groups in total. The zero-order chi connectivity index (χ0) is 15.0. The summed E-state index contributed by atoms with van der Waals surface area (Å²) in [6.07, 6.45) is 0.262. The highest BCUT2D eigenvalue weighted by atomic mass is 16.5. The largest absolute Gasteiger partial charge is 0.463 e. The van der Waals surface area contributed by atoms with E-state index < -0.39 is 6.10 Å². The van der Waals surface area contributed by atoms with Crippen molar-refractivity contribution in [3.63, 3.8) is 0 Å². The van der Waals surface area contributed by atoms with Crippen molar-refractivity contribution in [2.75, 3.05) is 51.2 Å². The maximum absolute atomic E-state index is 9.73. The Bertz CT molecular complexity index is 405. The van der Waals surface area contributed by atoms with E-state index in [-0.39, 0.29) is 12.6 Å². The molecule has 8 heteroatoms. The summed E-state index contributed by atoms with van der Waals surface area (Å²) < 4.78 is 10.3. The Labute approximate surface area is 119 Å². The van der Waals surface area contributed by atoms with Gasteiger partial charge in [0.25, 0.3) is 0 Å². The van der Waals surface area contributed by atoms with Gasteiger partial charge in [0, 0.05) is 27.7 Å². The molecule has 1 unspecified atom stereocenters. The number of nitrogens with zero attached hydrogens (tertiary/aromatic N) is 4. The third-order valence-corrected chi connectivity index (χ3v) is 2.45. The number of aliphatic hydroxyl groups is 1. The lowest BCUT2D eigenvalue weighted by atomic mass is 10.3. The quantitative estimate of drug-likeness (QED) is 0.662. The van der Waals surface area contributed by atoms with Gasteiger partial charge in [-0.3, -0.25) is 0 Å². The Morgan fingerprint density at radius 2 is 2.10 bits per heavy atom. The molecule has 0 aliphatic carbocycles. The maximum Gasteiger partial charge on any atom is 0.323 e. The van der Waals surface area contributed by atoms with Crippen LogP contribution in [-0.4, -0.2) is 67.1 Å². The summed E-state index contributed by atoms with van der Waals surface area (Å²) in [4.78, 5) is 14.3. The molecule has 0 radical (unpaired) electrons. The van der Waals surface area contributed by atoms with Crippen molar-refractivity contribution in [1.82, 2.24) is 15.0 Å². The zero-order valence-electron chi connectivity index (χ0n) is 12.5. The normalized spacial score (nSPS) is 12.1. The molecule has 1 heterocycles. The monoisotopic (exact) mass is 285 g/mol. The fourth-order valence-electron chi connectivity index (χ4n) is 1.53. The maximum atomic E-state index is 9.73. The van der Waals surface area contributed by atoms with E-state index in [1.807, 2.05) is 6.92 Å². The number of aliphatic hydroxyl groups excluding tert-OH is 1. The molecule has 20 heavy (non-hydrogen) atoms. The summed E-state index contributed by atoms with van der Waals surface area (Å²) in [5, 5.41) is 12.6. The highest BCUT2D eigenvalue weighted by Crippen LogP contribution is 2.14. The van der Waals surface area contributed by atoms with Crippen molar-refractivity contribution in [1.29, 1.82) is 0 Å². The standard InChI is InChI=1S/C12H23N5O3/c1-5-6-20-12-15-10(13-2)14-11(16-12)17(3)7-9(18)8-19-4/h9,18H,5-8H2,1-4H3,(H,13,14,15,16). The summed E-state index contributed by atoms with van der Waals surface area (Å²) in [6.45, 7) is 3.17. The predicted octanol–water partition coefficient (Wildman–Crippen LogP) is 0.146. The average molecular weight is 285 g/mol. The average Bonchev–Trinajstić information content (AvgIpc) is 2.44. The van der Waals surface area contributed by atoms with Gasteiger partial charge < -0.3 is 24.8 Å². The van der Waals surface area contributed by atoms with E-state index in [9.17, 15) is 5.11 Å². The second kappa shape index (κ2) is 8.49. The van der Waals surface area contributed by atoms with E-state index in [1.54, 1.807) is 26.1 Å². The second-order valence-electron chi connectivity index (χ2n) is 4.33. The fourth-order valence-corrected chi connectivity index (χ4v) is 1.53. The fraction of sp³-hybridized carbons (Fsp3) is 0.750. The summed E-state index contributed by atoms with van der Waals surface area (Å²) in [5.74, 6) is 0.861. The Morgan fingerprint density at radius 3 is 2.70 bits per heavy atom. The van der Waals surface area contributed by atoms with Crippen LogP contribution in [0.4, 0.5) is 11.9 Å². The van der Waals surface area contributed by atoms with Crippen LogP contribution in [0, 0.1) is 0 Å². The van der Waals surface area contributed by atoms with Crippen LogP contribution >= 0.6 is 0 Å². The van der Waals surface area contributed by atoms with Gasteiger partial charge in [-0.15, -0.1) is 0 Å². The molecule has 0 spiro atoms. The summed E-state index contributed by atoms with van der Waals surface area (Å²) in [6, 6.07) is 0.272. The van der Waals surface area contributed by atoms with Gasteiger partial charge >= 0.3 is 6.01 Å². The lowest BCUT2D eigenvalue weighted by Gasteiger charge is -2.20. The molecule has 0 bridgehead atoms. The molecular formula is C12H23N5O3. The number of hydrogen-bond donors (Lipinski definition) is 2. The smallest absolute Gasteiger partial charge is 0.323 e. The van der Waals surface area contributed by atoms with E-state index in [0.717, 1.165) is 6.42 Å². The van der Waals surface area contributed by atoms with Gasteiger partial charge in [0.15, 0.2) is 0 Å². The van der Waals surface area contributed by atoms with Gasteiger partial charge in [-0.05, 0) is 6.42 Å². The van der Waals surface area contributed by atoms with Gasteiger partial charge in [0.1, 0.15) is 0 Å². The minimum absolute atomic E-state index is 0.257.